The van der Waals surface area contributed by atoms with E-state index in [1.807, 2.05) is 7.11 Å². The molecule has 3 atom stereocenters. The molecule has 2 rings (SSSR count). The summed E-state index contributed by atoms with van der Waals surface area (Å²) in [5, 5.41) is 0. The number of nitrogens with zero attached hydrogens (tertiary/aromatic N) is 1. The van der Waals surface area contributed by atoms with Crippen molar-refractivity contribution in [2.24, 2.45) is 0 Å². The molecule has 2 fully saturated rings. The summed E-state index contributed by atoms with van der Waals surface area (Å²) < 4.78 is 11.1. The van der Waals surface area contributed by atoms with Crippen LogP contribution in [0.4, 0.5) is 0 Å². The minimum absolute atomic E-state index is 0.207. The number of morpholine rings is 1. The number of alkyl halides is 1. The summed E-state index contributed by atoms with van der Waals surface area (Å²) in [7, 11) is 1.82. The van der Waals surface area contributed by atoms with E-state index < -0.39 is 0 Å². The van der Waals surface area contributed by atoms with Crippen LogP contribution >= 0.6 is 11.6 Å². The second-order valence-corrected chi connectivity index (χ2v) is 4.72. The van der Waals surface area contributed by atoms with Crippen LogP contribution in [-0.2, 0) is 9.47 Å². The van der Waals surface area contributed by atoms with Crippen molar-refractivity contribution in [1.29, 1.82) is 0 Å². The summed E-state index contributed by atoms with van der Waals surface area (Å²) in [4.78, 5) is 2.50. The molecule has 0 aromatic heterocycles. The summed E-state index contributed by atoms with van der Waals surface area (Å²) in [6.45, 7) is 2.80. The quantitative estimate of drug-likeness (QED) is 0.690. The molecule has 1 saturated heterocycles. The molecule has 0 aromatic rings. The van der Waals surface area contributed by atoms with Crippen molar-refractivity contribution in [1.82, 2.24) is 4.90 Å². The van der Waals surface area contributed by atoms with Gasteiger partial charge >= 0.3 is 0 Å². The van der Waals surface area contributed by atoms with Crippen molar-refractivity contribution >= 4 is 11.6 Å². The first-order valence-corrected chi connectivity index (χ1v) is 6.33. The van der Waals surface area contributed by atoms with Crippen LogP contribution in [0.15, 0.2) is 0 Å². The maximum absolute atomic E-state index is 5.84. The third kappa shape index (κ3) is 2.64. The van der Waals surface area contributed by atoms with Gasteiger partial charge in [0.2, 0.25) is 0 Å². The van der Waals surface area contributed by atoms with E-state index in [-0.39, 0.29) is 6.10 Å². The van der Waals surface area contributed by atoms with Gasteiger partial charge < -0.3 is 9.47 Å². The van der Waals surface area contributed by atoms with Gasteiger partial charge in [0.05, 0.1) is 18.8 Å². The van der Waals surface area contributed by atoms with Crippen LogP contribution in [-0.4, -0.2) is 55.8 Å². The van der Waals surface area contributed by atoms with E-state index in [0.29, 0.717) is 18.0 Å². The molecule has 3 nitrogen and oxygen atoms in total. The molecule has 0 N–H and O–H groups in total. The van der Waals surface area contributed by atoms with Crippen LogP contribution < -0.4 is 0 Å². The molecule has 2 aliphatic rings. The molecule has 1 saturated carbocycles. The minimum atomic E-state index is 0.207. The zero-order chi connectivity index (χ0) is 10.7. The van der Waals surface area contributed by atoms with Crippen molar-refractivity contribution in [3.05, 3.63) is 0 Å². The van der Waals surface area contributed by atoms with Gasteiger partial charge in [-0.05, 0) is 19.3 Å². The lowest BCUT2D eigenvalue weighted by atomic mass is 10.1. The average molecular weight is 234 g/mol. The predicted octanol–water partition coefficient (Wildman–Crippen LogP) is 1.49. The number of methoxy groups -OCH3 is 1. The molecule has 0 aromatic carbocycles. The van der Waals surface area contributed by atoms with E-state index in [9.17, 15) is 0 Å². The maximum Gasteiger partial charge on any atom is 0.0837 e. The van der Waals surface area contributed by atoms with E-state index >= 15 is 0 Å². The highest BCUT2D eigenvalue weighted by molar-refractivity contribution is 6.18. The molecule has 0 amide bonds. The Morgan fingerprint density at radius 2 is 2.33 bits per heavy atom. The van der Waals surface area contributed by atoms with E-state index in [1.165, 1.54) is 19.3 Å². The molecule has 0 bridgehead atoms. The average Bonchev–Trinajstić information content (AvgIpc) is 2.77. The van der Waals surface area contributed by atoms with Gasteiger partial charge in [-0.15, -0.1) is 11.6 Å². The topological polar surface area (TPSA) is 21.7 Å². The number of rotatable bonds is 3. The van der Waals surface area contributed by atoms with Crippen molar-refractivity contribution in [2.45, 2.75) is 37.5 Å². The van der Waals surface area contributed by atoms with Crippen molar-refractivity contribution in [3.63, 3.8) is 0 Å². The zero-order valence-corrected chi connectivity index (χ0v) is 10.1. The Morgan fingerprint density at radius 3 is 3.07 bits per heavy atom. The highest BCUT2D eigenvalue weighted by Crippen LogP contribution is 2.27. The smallest absolute Gasteiger partial charge is 0.0837 e. The third-order valence-electron chi connectivity index (χ3n) is 3.53. The fraction of sp³-hybridized carbons (Fsp3) is 1.00. The number of halogens is 1. The second-order valence-electron chi connectivity index (χ2n) is 4.41. The molecule has 1 aliphatic carbocycles. The van der Waals surface area contributed by atoms with E-state index in [2.05, 4.69) is 4.90 Å². The van der Waals surface area contributed by atoms with Gasteiger partial charge in [-0.1, -0.05) is 0 Å². The van der Waals surface area contributed by atoms with Gasteiger partial charge in [0, 0.05) is 32.1 Å². The molecule has 0 spiro atoms. The SMILES string of the molecule is COC1CCCC1N1CCOC(CCl)C1. The van der Waals surface area contributed by atoms with Crippen LogP contribution in [0.2, 0.25) is 0 Å². The number of hydrogen-bond donors (Lipinski definition) is 0. The molecule has 15 heavy (non-hydrogen) atoms. The van der Waals surface area contributed by atoms with Crippen molar-refractivity contribution in [2.75, 3.05) is 32.7 Å². The Balaban J connectivity index is 1.91. The highest BCUT2D eigenvalue weighted by Gasteiger charge is 2.34. The molecular weight excluding hydrogens is 214 g/mol. The highest BCUT2D eigenvalue weighted by atomic mass is 35.5. The first kappa shape index (κ1) is 11.6. The Bertz CT molecular complexity index is 203. The first-order valence-electron chi connectivity index (χ1n) is 5.79. The lowest BCUT2D eigenvalue weighted by Gasteiger charge is -2.38. The van der Waals surface area contributed by atoms with Crippen molar-refractivity contribution < 1.29 is 9.47 Å². The Kier molecular flexibility index (Phi) is 4.26. The Morgan fingerprint density at radius 1 is 1.47 bits per heavy atom. The number of ether oxygens (including phenoxy) is 2. The Labute approximate surface area is 96.7 Å². The zero-order valence-electron chi connectivity index (χ0n) is 9.32. The van der Waals surface area contributed by atoms with E-state index in [1.54, 1.807) is 0 Å². The van der Waals surface area contributed by atoms with Crippen LogP contribution in [0.3, 0.4) is 0 Å². The minimum Gasteiger partial charge on any atom is -0.380 e. The van der Waals surface area contributed by atoms with Gasteiger partial charge in [0.1, 0.15) is 0 Å². The van der Waals surface area contributed by atoms with Gasteiger partial charge in [-0.25, -0.2) is 0 Å². The summed E-state index contributed by atoms with van der Waals surface area (Å²) in [5.74, 6) is 0.598. The van der Waals surface area contributed by atoms with Crippen LogP contribution in [0.5, 0.6) is 0 Å². The summed E-state index contributed by atoms with van der Waals surface area (Å²) in [6.07, 6.45) is 4.36. The van der Waals surface area contributed by atoms with Gasteiger partial charge in [0.25, 0.3) is 0 Å². The molecule has 3 unspecified atom stereocenters. The van der Waals surface area contributed by atoms with E-state index in [4.69, 9.17) is 21.1 Å². The largest absolute Gasteiger partial charge is 0.380 e. The molecule has 4 heteroatoms. The molecule has 88 valence electrons. The normalized spacial score (nSPS) is 38.4. The summed E-state index contributed by atoms with van der Waals surface area (Å²) >= 11 is 5.84. The fourth-order valence-corrected chi connectivity index (χ4v) is 2.92. The van der Waals surface area contributed by atoms with Crippen LogP contribution in [0, 0.1) is 0 Å². The Hall–Kier alpha value is 0.170. The standard InChI is InChI=1S/C11H20ClNO2/c1-14-11-4-2-3-10(11)13-5-6-15-9(7-12)8-13/h9-11H,2-8H2,1H3. The van der Waals surface area contributed by atoms with Crippen LogP contribution in [0.25, 0.3) is 0 Å². The molecule has 1 aliphatic heterocycles. The van der Waals surface area contributed by atoms with Crippen LogP contribution in [0.1, 0.15) is 19.3 Å². The lowest BCUT2D eigenvalue weighted by Crippen LogP contribution is -2.51. The lowest BCUT2D eigenvalue weighted by molar-refractivity contribution is -0.0561. The van der Waals surface area contributed by atoms with Gasteiger partial charge in [-0.2, -0.15) is 0 Å². The summed E-state index contributed by atoms with van der Waals surface area (Å²) in [5.41, 5.74) is 0. The number of hydrogen-bond acceptors (Lipinski definition) is 3. The van der Waals surface area contributed by atoms with Crippen molar-refractivity contribution in [3.8, 4) is 0 Å². The maximum atomic E-state index is 5.84. The molecule has 0 radical (unpaired) electrons. The van der Waals surface area contributed by atoms with E-state index in [0.717, 1.165) is 19.7 Å². The second kappa shape index (κ2) is 5.48. The monoisotopic (exact) mass is 233 g/mol. The van der Waals surface area contributed by atoms with Gasteiger partial charge in [0.15, 0.2) is 0 Å². The fourth-order valence-electron chi connectivity index (χ4n) is 2.74. The summed E-state index contributed by atoms with van der Waals surface area (Å²) in [6, 6.07) is 0.588. The predicted molar refractivity (Wildman–Crippen MR) is 60.5 cm³/mol. The molecule has 1 heterocycles. The molecular formula is C11H20ClNO2. The third-order valence-corrected chi connectivity index (χ3v) is 3.88. The first-order chi connectivity index (χ1) is 7.35. The van der Waals surface area contributed by atoms with Gasteiger partial charge in [-0.3, -0.25) is 4.90 Å².